The molecule has 0 saturated carbocycles. The van der Waals surface area contributed by atoms with Gasteiger partial charge in [-0.3, -0.25) is 0 Å². The molecular weight excluding hydrogens is 582 g/mol. The second-order valence-corrected chi connectivity index (χ2v) is 13.6. The summed E-state index contributed by atoms with van der Waals surface area (Å²) in [7, 11) is 0. The number of aromatic nitrogens is 1. The van der Waals surface area contributed by atoms with E-state index in [0.717, 1.165) is 62.7 Å². The quantitative estimate of drug-likeness (QED) is 0.350. The normalized spacial score (nSPS) is 26.5. The molecule has 1 radical (unpaired) electrons. The fourth-order valence-electron chi connectivity index (χ4n) is 6.87. The van der Waals surface area contributed by atoms with Crippen molar-refractivity contribution in [1.82, 2.24) is 6.88 Å². The number of fused-ring (bicyclic) bond motifs is 14. The van der Waals surface area contributed by atoms with Crippen molar-refractivity contribution in [3.8, 4) is 0 Å². The van der Waals surface area contributed by atoms with Crippen molar-refractivity contribution in [3.63, 3.8) is 0 Å². The van der Waals surface area contributed by atoms with Gasteiger partial charge in [-0.05, 0) is 0 Å². The van der Waals surface area contributed by atoms with Crippen LogP contribution in [-0.2, 0) is 0 Å². The van der Waals surface area contributed by atoms with Crippen LogP contribution in [0.2, 0.25) is 0 Å². The fourth-order valence-corrected chi connectivity index (χ4v) is 10.1. The second-order valence-electron chi connectivity index (χ2n) is 11.0. The van der Waals surface area contributed by atoms with Gasteiger partial charge in [-0.15, -0.1) is 0 Å². The van der Waals surface area contributed by atoms with Crippen LogP contribution in [0.3, 0.4) is 0 Å². The molecule has 4 atom stereocenters. The van der Waals surface area contributed by atoms with Gasteiger partial charge < -0.3 is 5.48 Å². The van der Waals surface area contributed by atoms with Crippen LogP contribution in [0.15, 0.2) is 127 Å². The zero-order valence-electron chi connectivity index (χ0n) is 22.2. The predicted molar refractivity (Wildman–Crippen MR) is 168 cm³/mol. The second kappa shape index (κ2) is 8.68. The summed E-state index contributed by atoms with van der Waals surface area (Å²) in [5, 5.41) is 2.15. The van der Waals surface area contributed by atoms with E-state index in [1.165, 1.54) is 0 Å². The van der Waals surface area contributed by atoms with Crippen LogP contribution in [0.1, 0.15) is 11.1 Å². The minimum atomic E-state index is -1.51. The van der Waals surface area contributed by atoms with E-state index < -0.39 is 17.9 Å². The maximum Gasteiger partial charge on any atom is -0.412 e. The average molecular weight is 604 g/mol. The van der Waals surface area contributed by atoms with Gasteiger partial charge in [0, 0.05) is 0 Å². The Hall–Kier alpha value is -4.64. The number of benzene rings is 2. The maximum atomic E-state index is 5.38. The molecule has 1 aromatic heterocycles. The molecule has 7 aliphatic rings. The van der Waals surface area contributed by atoms with Crippen LogP contribution >= 0.6 is 0 Å². The molecule has 2 N–H and O–H groups in total. The molecule has 10 heteroatoms. The first-order valence-electron chi connectivity index (χ1n) is 13.9. The van der Waals surface area contributed by atoms with Crippen molar-refractivity contribution in [2.75, 3.05) is 0 Å². The van der Waals surface area contributed by atoms with Crippen molar-refractivity contribution >= 4 is 75.3 Å². The summed E-state index contributed by atoms with van der Waals surface area (Å²) < 4.78 is 4.77. The number of hydrogen-bond donors (Lipinski definition) is 0. The summed E-state index contributed by atoms with van der Waals surface area (Å²) in [6, 6.07) is 16.7. The molecule has 0 spiro atoms. The van der Waals surface area contributed by atoms with E-state index >= 15 is 0 Å². The van der Waals surface area contributed by atoms with Gasteiger partial charge in [0.05, 0.1) is 0 Å². The summed E-state index contributed by atoms with van der Waals surface area (Å²) >= 11 is -1.51. The van der Waals surface area contributed by atoms with Gasteiger partial charge in [-0.1, -0.05) is 0 Å². The van der Waals surface area contributed by atoms with Gasteiger partial charge in [0.15, 0.2) is 0 Å². The molecule has 3 aromatic rings. The Balaban J connectivity index is 0.00000250. The van der Waals surface area contributed by atoms with Crippen LogP contribution in [0.4, 0.5) is 11.6 Å². The minimum Gasteiger partial charge on any atom is -0.412 e. The topological polar surface area (TPSA) is 114 Å². The van der Waals surface area contributed by atoms with Crippen LogP contribution < -0.4 is 0 Å². The van der Waals surface area contributed by atoms with Crippen molar-refractivity contribution in [2.45, 2.75) is 0 Å². The van der Waals surface area contributed by atoms with Crippen LogP contribution in [0.5, 0.6) is 0 Å². The minimum absolute atomic E-state index is 0. The molecule has 10 rings (SSSR count). The number of amidine groups is 6. The first-order chi connectivity index (χ1) is 20.3. The monoisotopic (exact) mass is 603 g/mol. The summed E-state index contributed by atoms with van der Waals surface area (Å²) in [5.74, 6) is 7.16. The number of aliphatic imine (C=N–C) groups is 6. The summed E-state index contributed by atoms with van der Waals surface area (Å²) in [6.45, 7) is 0. The van der Waals surface area contributed by atoms with E-state index in [9.17, 15) is 0 Å². The van der Waals surface area contributed by atoms with Crippen molar-refractivity contribution in [3.05, 3.63) is 108 Å². The van der Waals surface area contributed by atoms with E-state index in [-0.39, 0.29) is 29.1 Å². The molecule has 1 fully saturated rings. The van der Waals surface area contributed by atoms with E-state index in [0.29, 0.717) is 5.84 Å². The van der Waals surface area contributed by atoms with Gasteiger partial charge in [0.25, 0.3) is 0 Å². The van der Waals surface area contributed by atoms with Gasteiger partial charge in [0.2, 0.25) is 0 Å². The van der Waals surface area contributed by atoms with Crippen molar-refractivity contribution < 1.29 is 5.48 Å². The molecule has 9 nitrogen and oxygen atoms in total. The van der Waals surface area contributed by atoms with Gasteiger partial charge >= 0.3 is 244 Å². The summed E-state index contributed by atoms with van der Waals surface area (Å²) in [5.41, 5.74) is 2.02. The Morgan fingerprint density at radius 2 is 1.05 bits per heavy atom. The molecular formula is C32H22GaN8O. The predicted octanol–water partition coefficient (Wildman–Crippen LogP) is 4.34. The standard InChI is InChI=1S/C32H20N8.Ga.H2O/c1-2-10-18-17(9-1)25-33-26(18)38-28-21-13-5-6-14-22(21)30(35-28)40-32-24-16-8-7-15-23(24)31(36-32)39-29-20-12-4-3-11-19(20)27(34-29)37-25;;/h1-20H;;1H2/q-2;+2;. The molecule has 2 aromatic carbocycles. The third kappa shape index (κ3) is 3.14. The van der Waals surface area contributed by atoms with E-state index in [1.807, 2.05) is 12.1 Å². The first kappa shape index (κ1) is 24.0. The Labute approximate surface area is 248 Å². The summed E-state index contributed by atoms with van der Waals surface area (Å²) in [6.07, 6.45) is 17.4. The SMILES string of the molecule is C1=CC2C3=NC(=Nc4c5ccccc5c5[n]4[Ga][N]4C(=NC6=NC(=N5)c5ccccc56)C5C=CC=CC5C4=N3)C2C=C1.O. The molecule has 4 unspecified atom stereocenters. The van der Waals surface area contributed by atoms with E-state index in [2.05, 4.69) is 91.9 Å². The zero-order valence-corrected chi connectivity index (χ0v) is 24.6. The van der Waals surface area contributed by atoms with E-state index in [1.54, 1.807) is 0 Å². The molecule has 6 heterocycles. The number of rotatable bonds is 0. The maximum absolute atomic E-state index is 5.38. The van der Waals surface area contributed by atoms with Crippen LogP contribution in [-0.4, -0.2) is 65.3 Å². The Bertz CT molecular complexity index is 2070. The molecule has 42 heavy (non-hydrogen) atoms. The smallest absolute Gasteiger partial charge is 0.412 e. The van der Waals surface area contributed by atoms with Crippen LogP contribution in [0.25, 0.3) is 10.8 Å². The van der Waals surface area contributed by atoms with Gasteiger partial charge in [-0.2, -0.15) is 0 Å². The van der Waals surface area contributed by atoms with Gasteiger partial charge in [0.1, 0.15) is 0 Å². The first-order valence-corrected chi connectivity index (χ1v) is 16.1. The number of nitrogens with zero attached hydrogens (tertiary/aromatic N) is 8. The molecule has 199 valence electrons. The Kier molecular flexibility index (Phi) is 4.96. The molecule has 0 amide bonds. The molecule has 6 bridgehead atoms. The van der Waals surface area contributed by atoms with Crippen molar-refractivity contribution in [2.24, 2.45) is 53.6 Å². The molecule has 2 aliphatic carbocycles. The third-order valence-electron chi connectivity index (χ3n) is 8.78. The number of hydrogen-bond acceptors (Lipinski definition) is 7. The van der Waals surface area contributed by atoms with Gasteiger partial charge in [-0.25, -0.2) is 0 Å². The molecule has 1 saturated heterocycles. The Morgan fingerprint density at radius 1 is 0.524 bits per heavy atom. The largest absolute Gasteiger partial charge is 0.412 e. The zero-order chi connectivity index (χ0) is 26.7. The summed E-state index contributed by atoms with van der Waals surface area (Å²) in [4.78, 5) is 31.5. The Morgan fingerprint density at radius 3 is 1.71 bits per heavy atom. The van der Waals surface area contributed by atoms with Crippen LogP contribution in [0, 0.1) is 23.7 Å². The van der Waals surface area contributed by atoms with Crippen molar-refractivity contribution in [1.29, 1.82) is 0 Å². The fraction of sp³-hybridized carbons (Fsp3) is 0.125. The third-order valence-corrected chi connectivity index (χ3v) is 11.9. The van der Waals surface area contributed by atoms with E-state index in [4.69, 9.17) is 30.0 Å². The number of allylic oxidation sites excluding steroid dienone is 4. The average Bonchev–Trinajstić information content (AvgIpc) is 3.72. The molecule has 5 aliphatic heterocycles.